The van der Waals surface area contributed by atoms with E-state index in [4.69, 9.17) is 14.2 Å². The summed E-state index contributed by atoms with van der Waals surface area (Å²) in [6, 6.07) is 0. The number of unbranched alkanes of at least 4 members (excludes halogenated alkanes) is 24. The number of allylic oxidation sites excluding steroid dienone is 18. The quantitative estimate of drug-likeness (QED) is 0.0199. The van der Waals surface area contributed by atoms with Crippen molar-refractivity contribution in [3.05, 3.63) is 109 Å². The largest absolute Gasteiger partial charge is 0.462 e. The van der Waals surface area contributed by atoms with Crippen LogP contribution in [0.25, 0.3) is 0 Å². The summed E-state index contributed by atoms with van der Waals surface area (Å²) >= 11 is 0. The van der Waals surface area contributed by atoms with Gasteiger partial charge in [0.05, 0.1) is 0 Å². The van der Waals surface area contributed by atoms with Gasteiger partial charge < -0.3 is 14.2 Å². The standard InChI is InChI=1S/C62H102O6/c1-4-7-10-13-16-19-22-25-28-30-32-34-37-40-43-46-49-52-55-61(64)67-58-59(57-66-60(63)54-51-48-45-42-39-36-27-24-21-18-15-12-9-6-3)68-62(65)56-53-50-47-44-41-38-35-33-31-29-26-23-20-17-14-11-8-5-2/h9,12,16,18-19,21-22,25,27-36,59H,4-8,10-11,13-15,17,20,23-24,26,37-58H2,1-3H3/b12-9-,19-16-,21-18-,25-22-,30-28-,31-29-,34-32-,35-33-,36-27-. The number of rotatable bonds is 49. The van der Waals surface area contributed by atoms with Crippen LogP contribution in [0.2, 0.25) is 0 Å². The second-order valence-electron chi connectivity index (χ2n) is 18.2. The fourth-order valence-electron chi connectivity index (χ4n) is 7.40. The Bertz CT molecular complexity index is 1410. The molecule has 0 aromatic heterocycles. The van der Waals surface area contributed by atoms with E-state index in [0.29, 0.717) is 19.3 Å². The molecule has 0 saturated heterocycles. The third-order valence-corrected chi connectivity index (χ3v) is 11.6. The lowest BCUT2D eigenvalue weighted by atomic mass is 10.1. The van der Waals surface area contributed by atoms with Gasteiger partial charge in [-0.25, -0.2) is 0 Å². The van der Waals surface area contributed by atoms with E-state index in [-0.39, 0.29) is 31.1 Å². The van der Waals surface area contributed by atoms with Crippen LogP contribution in [0.5, 0.6) is 0 Å². The molecule has 0 saturated carbocycles. The van der Waals surface area contributed by atoms with Crippen LogP contribution < -0.4 is 0 Å². The van der Waals surface area contributed by atoms with Gasteiger partial charge in [0.1, 0.15) is 13.2 Å². The Morgan fingerprint density at radius 2 is 0.632 bits per heavy atom. The summed E-state index contributed by atoms with van der Waals surface area (Å²) in [6.45, 7) is 6.43. The van der Waals surface area contributed by atoms with Crippen LogP contribution >= 0.6 is 0 Å². The van der Waals surface area contributed by atoms with Gasteiger partial charge in [-0.1, -0.05) is 233 Å². The van der Waals surface area contributed by atoms with Crippen LogP contribution in [-0.4, -0.2) is 37.2 Å². The van der Waals surface area contributed by atoms with E-state index in [9.17, 15) is 14.4 Å². The SMILES string of the molecule is CC/C=C\C/C=C\C/C=C\CCCCCCC(=O)OCC(COC(=O)CCCCCCC\C=C/C=C\C=C/C=C\CCCCC)OC(=O)CCCCCCC/C=C\C=C/CCCCCCCCC. The van der Waals surface area contributed by atoms with E-state index in [0.717, 1.165) is 135 Å². The Morgan fingerprint density at radius 3 is 1.07 bits per heavy atom. The predicted octanol–water partition coefficient (Wildman–Crippen LogP) is 18.7. The van der Waals surface area contributed by atoms with Crippen LogP contribution in [-0.2, 0) is 28.6 Å². The number of hydrogen-bond donors (Lipinski definition) is 0. The lowest BCUT2D eigenvalue weighted by molar-refractivity contribution is -0.167. The molecule has 0 spiro atoms. The summed E-state index contributed by atoms with van der Waals surface area (Å²) in [6.07, 6.45) is 75.0. The number of carbonyl (C=O) groups is 3. The van der Waals surface area contributed by atoms with E-state index in [1.54, 1.807) is 0 Å². The zero-order valence-electron chi connectivity index (χ0n) is 44.1. The zero-order valence-corrected chi connectivity index (χ0v) is 44.1. The van der Waals surface area contributed by atoms with Crippen LogP contribution in [0.4, 0.5) is 0 Å². The molecule has 0 aliphatic rings. The topological polar surface area (TPSA) is 78.9 Å². The molecule has 0 bridgehead atoms. The van der Waals surface area contributed by atoms with Gasteiger partial charge in [-0.15, -0.1) is 0 Å². The smallest absolute Gasteiger partial charge is 0.306 e. The first-order valence-electron chi connectivity index (χ1n) is 28.0. The van der Waals surface area contributed by atoms with Crippen molar-refractivity contribution >= 4 is 17.9 Å². The van der Waals surface area contributed by atoms with E-state index in [1.807, 2.05) is 0 Å². The molecule has 1 atom stereocenters. The van der Waals surface area contributed by atoms with Crippen molar-refractivity contribution < 1.29 is 28.6 Å². The van der Waals surface area contributed by atoms with Crippen molar-refractivity contribution in [3.63, 3.8) is 0 Å². The molecule has 1 unspecified atom stereocenters. The van der Waals surface area contributed by atoms with Crippen LogP contribution in [0.1, 0.15) is 245 Å². The average molecular weight is 943 g/mol. The minimum Gasteiger partial charge on any atom is -0.462 e. The van der Waals surface area contributed by atoms with Crippen molar-refractivity contribution in [3.8, 4) is 0 Å². The van der Waals surface area contributed by atoms with Crippen molar-refractivity contribution in [2.45, 2.75) is 252 Å². The van der Waals surface area contributed by atoms with E-state index < -0.39 is 6.10 Å². The third-order valence-electron chi connectivity index (χ3n) is 11.6. The lowest BCUT2D eigenvalue weighted by Gasteiger charge is -2.18. The summed E-state index contributed by atoms with van der Waals surface area (Å²) in [5.74, 6) is -0.965. The minimum absolute atomic E-state index is 0.106. The highest BCUT2D eigenvalue weighted by molar-refractivity contribution is 5.71. The van der Waals surface area contributed by atoms with Gasteiger partial charge >= 0.3 is 17.9 Å². The molecule has 0 N–H and O–H groups in total. The molecule has 68 heavy (non-hydrogen) atoms. The minimum atomic E-state index is -0.808. The molecule has 0 radical (unpaired) electrons. The molecule has 0 aromatic rings. The molecule has 0 aliphatic carbocycles. The molecule has 0 amide bonds. The predicted molar refractivity (Wildman–Crippen MR) is 293 cm³/mol. The number of esters is 3. The molecular formula is C62H102O6. The highest BCUT2D eigenvalue weighted by Crippen LogP contribution is 2.13. The fourth-order valence-corrected chi connectivity index (χ4v) is 7.40. The van der Waals surface area contributed by atoms with Crippen LogP contribution in [0, 0.1) is 0 Å². The lowest BCUT2D eigenvalue weighted by Crippen LogP contribution is -2.30. The second kappa shape index (κ2) is 55.7. The van der Waals surface area contributed by atoms with Crippen molar-refractivity contribution in [2.24, 2.45) is 0 Å². The first kappa shape index (κ1) is 64.1. The maximum absolute atomic E-state index is 12.8. The Labute approximate surface area is 419 Å². The van der Waals surface area contributed by atoms with Crippen molar-refractivity contribution in [2.75, 3.05) is 13.2 Å². The number of ether oxygens (including phenoxy) is 3. The van der Waals surface area contributed by atoms with E-state index in [2.05, 4.69) is 130 Å². The zero-order chi connectivity index (χ0) is 49.3. The third kappa shape index (κ3) is 53.0. The van der Waals surface area contributed by atoms with Gasteiger partial charge in [0, 0.05) is 19.3 Å². The monoisotopic (exact) mass is 943 g/mol. The van der Waals surface area contributed by atoms with Crippen molar-refractivity contribution in [1.29, 1.82) is 0 Å². The molecular weight excluding hydrogens is 841 g/mol. The number of carbonyl (C=O) groups excluding carboxylic acids is 3. The van der Waals surface area contributed by atoms with Gasteiger partial charge in [-0.2, -0.15) is 0 Å². The molecule has 0 aromatic carbocycles. The summed E-state index contributed by atoms with van der Waals surface area (Å²) in [7, 11) is 0. The van der Waals surface area contributed by atoms with Gasteiger partial charge in [0.2, 0.25) is 0 Å². The van der Waals surface area contributed by atoms with E-state index >= 15 is 0 Å². The van der Waals surface area contributed by atoms with Crippen molar-refractivity contribution in [1.82, 2.24) is 0 Å². The number of hydrogen-bond acceptors (Lipinski definition) is 6. The summed E-state index contributed by atoms with van der Waals surface area (Å²) < 4.78 is 16.8. The first-order valence-corrected chi connectivity index (χ1v) is 28.0. The Balaban J connectivity index is 4.51. The molecule has 6 heteroatoms. The van der Waals surface area contributed by atoms with Crippen LogP contribution in [0.15, 0.2) is 109 Å². The Kier molecular flexibility index (Phi) is 52.4. The molecule has 0 rings (SSSR count). The highest BCUT2D eigenvalue weighted by atomic mass is 16.6. The van der Waals surface area contributed by atoms with Gasteiger partial charge in [0.15, 0.2) is 6.10 Å². The van der Waals surface area contributed by atoms with Gasteiger partial charge in [0.25, 0.3) is 0 Å². The van der Waals surface area contributed by atoms with Gasteiger partial charge in [-0.05, 0) is 103 Å². The first-order chi connectivity index (χ1) is 33.5. The Hall–Kier alpha value is -3.93. The van der Waals surface area contributed by atoms with Gasteiger partial charge in [-0.3, -0.25) is 14.4 Å². The summed E-state index contributed by atoms with van der Waals surface area (Å²) in [4.78, 5) is 38.1. The second-order valence-corrected chi connectivity index (χ2v) is 18.2. The maximum Gasteiger partial charge on any atom is 0.306 e. The molecule has 0 heterocycles. The Morgan fingerprint density at radius 1 is 0.324 bits per heavy atom. The molecule has 386 valence electrons. The highest BCUT2D eigenvalue weighted by Gasteiger charge is 2.19. The normalized spacial score (nSPS) is 12.9. The van der Waals surface area contributed by atoms with E-state index in [1.165, 1.54) is 70.6 Å². The maximum atomic E-state index is 12.8. The van der Waals surface area contributed by atoms with Crippen LogP contribution in [0.3, 0.4) is 0 Å². The average Bonchev–Trinajstić information content (AvgIpc) is 3.34. The molecule has 0 fully saturated rings. The molecule has 0 aliphatic heterocycles. The summed E-state index contributed by atoms with van der Waals surface area (Å²) in [5, 5.41) is 0. The summed E-state index contributed by atoms with van der Waals surface area (Å²) in [5.41, 5.74) is 0. The fraction of sp³-hybridized carbons (Fsp3) is 0.661. The molecule has 6 nitrogen and oxygen atoms in total.